The molecule has 0 bridgehead atoms. The van der Waals surface area contributed by atoms with Crippen LogP contribution in [0.1, 0.15) is 24.8 Å². The highest BCUT2D eigenvalue weighted by Gasteiger charge is 2.08. The minimum absolute atomic E-state index is 0.480. The van der Waals surface area contributed by atoms with Crippen molar-refractivity contribution in [3.05, 3.63) is 28.2 Å². The van der Waals surface area contributed by atoms with Gasteiger partial charge >= 0.3 is 0 Å². The molecular formula is C10H10ClNS. The van der Waals surface area contributed by atoms with Crippen molar-refractivity contribution >= 4 is 33.2 Å². The summed E-state index contributed by atoms with van der Waals surface area (Å²) in [4.78, 5) is 4.51. The van der Waals surface area contributed by atoms with Gasteiger partial charge in [-0.15, -0.1) is 11.3 Å². The van der Waals surface area contributed by atoms with Crippen LogP contribution in [0.15, 0.2) is 18.2 Å². The fourth-order valence-corrected chi connectivity index (χ4v) is 2.44. The molecule has 0 spiro atoms. The fraction of sp³-hybridized carbons (Fsp3) is 0.300. The van der Waals surface area contributed by atoms with Crippen molar-refractivity contribution < 1.29 is 0 Å². The molecule has 3 heteroatoms. The normalized spacial score (nSPS) is 11.4. The molecule has 1 nitrogen and oxygen atoms in total. The molecule has 0 aliphatic heterocycles. The van der Waals surface area contributed by atoms with Crippen LogP contribution in [-0.2, 0) is 0 Å². The highest BCUT2D eigenvalue weighted by molar-refractivity contribution is 7.19. The molecule has 0 amide bonds. The van der Waals surface area contributed by atoms with E-state index in [0.717, 1.165) is 20.2 Å². The third-order valence-electron chi connectivity index (χ3n) is 1.88. The van der Waals surface area contributed by atoms with E-state index in [4.69, 9.17) is 11.6 Å². The second kappa shape index (κ2) is 3.28. The van der Waals surface area contributed by atoms with Gasteiger partial charge < -0.3 is 0 Å². The average molecular weight is 212 g/mol. The number of aromatic nitrogens is 1. The molecule has 0 N–H and O–H groups in total. The largest absolute Gasteiger partial charge is 0.241 e. The van der Waals surface area contributed by atoms with E-state index in [1.165, 1.54) is 0 Å². The van der Waals surface area contributed by atoms with Gasteiger partial charge in [-0.2, -0.15) is 0 Å². The average Bonchev–Trinajstić information content (AvgIpc) is 2.49. The van der Waals surface area contributed by atoms with Crippen LogP contribution in [-0.4, -0.2) is 4.98 Å². The van der Waals surface area contributed by atoms with Gasteiger partial charge in [0.15, 0.2) is 0 Å². The van der Waals surface area contributed by atoms with Crippen molar-refractivity contribution in [2.75, 3.05) is 0 Å². The minimum Gasteiger partial charge on any atom is -0.241 e. The zero-order valence-electron chi connectivity index (χ0n) is 7.54. The quantitative estimate of drug-likeness (QED) is 0.693. The Bertz CT molecular complexity index is 433. The van der Waals surface area contributed by atoms with E-state index < -0.39 is 0 Å². The first-order valence-electron chi connectivity index (χ1n) is 4.23. The van der Waals surface area contributed by atoms with E-state index in [1.807, 2.05) is 18.2 Å². The number of hydrogen-bond acceptors (Lipinski definition) is 2. The van der Waals surface area contributed by atoms with Crippen LogP contribution in [0, 0.1) is 0 Å². The molecule has 0 aliphatic rings. The summed E-state index contributed by atoms with van der Waals surface area (Å²) in [5.41, 5.74) is 1.02. The third-order valence-corrected chi connectivity index (χ3v) is 3.71. The first-order chi connectivity index (χ1) is 6.18. The van der Waals surface area contributed by atoms with Crippen molar-refractivity contribution in [3.63, 3.8) is 0 Å². The third kappa shape index (κ3) is 1.56. The number of halogens is 1. The smallest absolute Gasteiger partial charge is 0.0964 e. The first-order valence-corrected chi connectivity index (χ1v) is 5.43. The van der Waals surface area contributed by atoms with Gasteiger partial charge in [0.25, 0.3) is 0 Å². The molecule has 0 atom stereocenters. The number of nitrogens with zero attached hydrogens (tertiary/aromatic N) is 1. The van der Waals surface area contributed by atoms with Gasteiger partial charge in [0.1, 0.15) is 0 Å². The fourth-order valence-electron chi connectivity index (χ4n) is 1.18. The van der Waals surface area contributed by atoms with E-state index in [1.54, 1.807) is 11.3 Å². The van der Waals surface area contributed by atoms with Crippen LogP contribution in [0.25, 0.3) is 10.2 Å². The van der Waals surface area contributed by atoms with Gasteiger partial charge in [0.2, 0.25) is 0 Å². The second-order valence-corrected chi connectivity index (χ2v) is 4.73. The van der Waals surface area contributed by atoms with Crippen LogP contribution in [0.3, 0.4) is 0 Å². The summed E-state index contributed by atoms with van der Waals surface area (Å²) in [6.45, 7) is 4.29. The lowest BCUT2D eigenvalue weighted by molar-refractivity contribution is 0.857. The molecule has 2 rings (SSSR count). The Kier molecular flexibility index (Phi) is 2.26. The molecule has 1 aromatic heterocycles. The maximum absolute atomic E-state index is 6.05. The SMILES string of the molecule is CC(C)c1nc2cccc(Cl)c2s1. The highest BCUT2D eigenvalue weighted by Crippen LogP contribution is 2.31. The summed E-state index contributed by atoms with van der Waals surface area (Å²) < 4.78 is 1.10. The van der Waals surface area contributed by atoms with Crippen molar-refractivity contribution in [2.45, 2.75) is 19.8 Å². The van der Waals surface area contributed by atoms with E-state index in [9.17, 15) is 0 Å². The Morgan fingerprint density at radius 1 is 1.38 bits per heavy atom. The van der Waals surface area contributed by atoms with E-state index in [-0.39, 0.29) is 0 Å². The number of rotatable bonds is 1. The van der Waals surface area contributed by atoms with Gasteiger partial charge in [0, 0.05) is 5.92 Å². The van der Waals surface area contributed by atoms with E-state index in [2.05, 4.69) is 18.8 Å². The Morgan fingerprint density at radius 3 is 2.77 bits per heavy atom. The maximum atomic E-state index is 6.05. The number of benzene rings is 1. The lowest BCUT2D eigenvalue weighted by Crippen LogP contribution is -1.82. The molecule has 0 saturated heterocycles. The number of hydrogen-bond donors (Lipinski definition) is 0. The minimum atomic E-state index is 0.480. The Hall–Kier alpha value is -0.600. The molecule has 0 aliphatic carbocycles. The summed E-state index contributed by atoms with van der Waals surface area (Å²) in [6.07, 6.45) is 0. The topological polar surface area (TPSA) is 12.9 Å². The number of thiazole rings is 1. The molecule has 68 valence electrons. The summed E-state index contributed by atoms with van der Waals surface area (Å²) in [7, 11) is 0. The van der Waals surface area contributed by atoms with Gasteiger partial charge in [-0.3, -0.25) is 0 Å². The van der Waals surface area contributed by atoms with Gasteiger partial charge in [0.05, 0.1) is 20.2 Å². The van der Waals surface area contributed by atoms with Crippen LogP contribution >= 0.6 is 22.9 Å². The summed E-state index contributed by atoms with van der Waals surface area (Å²) in [6, 6.07) is 5.85. The Labute approximate surface area is 86.4 Å². The second-order valence-electron chi connectivity index (χ2n) is 3.29. The zero-order chi connectivity index (χ0) is 9.42. The predicted octanol–water partition coefficient (Wildman–Crippen LogP) is 4.07. The van der Waals surface area contributed by atoms with Crippen molar-refractivity contribution in [1.29, 1.82) is 0 Å². The highest BCUT2D eigenvalue weighted by atomic mass is 35.5. The summed E-state index contributed by atoms with van der Waals surface area (Å²) in [5, 5.41) is 1.96. The first kappa shape index (κ1) is 8.97. The Balaban J connectivity index is 2.68. The lowest BCUT2D eigenvalue weighted by atomic mass is 10.2. The standard InChI is InChI=1S/C10H10ClNS/c1-6(2)10-12-8-5-3-4-7(11)9(8)13-10/h3-6H,1-2H3. The van der Waals surface area contributed by atoms with Crippen LogP contribution < -0.4 is 0 Å². The lowest BCUT2D eigenvalue weighted by Gasteiger charge is -1.94. The van der Waals surface area contributed by atoms with Gasteiger partial charge in [-0.25, -0.2) is 4.98 Å². The molecule has 0 radical (unpaired) electrons. The molecule has 0 unspecified atom stereocenters. The van der Waals surface area contributed by atoms with Crippen LogP contribution in [0.2, 0.25) is 5.02 Å². The molecule has 1 aromatic carbocycles. The summed E-state index contributed by atoms with van der Waals surface area (Å²) >= 11 is 7.73. The molecule has 0 fully saturated rings. The molecule has 2 aromatic rings. The Morgan fingerprint density at radius 2 is 2.15 bits per heavy atom. The van der Waals surface area contributed by atoms with Crippen molar-refractivity contribution in [3.8, 4) is 0 Å². The molecule has 13 heavy (non-hydrogen) atoms. The van der Waals surface area contributed by atoms with Crippen LogP contribution in [0.5, 0.6) is 0 Å². The van der Waals surface area contributed by atoms with Crippen molar-refractivity contribution in [2.24, 2.45) is 0 Å². The van der Waals surface area contributed by atoms with E-state index in [0.29, 0.717) is 5.92 Å². The number of fused-ring (bicyclic) bond motifs is 1. The maximum Gasteiger partial charge on any atom is 0.0964 e. The monoisotopic (exact) mass is 211 g/mol. The van der Waals surface area contributed by atoms with Gasteiger partial charge in [-0.05, 0) is 12.1 Å². The molecule has 0 saturated carbocycles. The van der Waals surface area contributed by atoms with Gasteiger partial charge in [-0.1, -0.05) is 31.5 Å². The van der Waals surface area contributed by atoms with E-state index >= 15 is 0 Å². The molecule has 1 heterocycles. The van der Waals surface area contributed by atoms with Crippen molar-refractivity contribution in [1.82, 2.24) is 4.98 Å². The predicted molar refractivity (Wildman–Crippen MR) is 58.7 cm³/mol. The van der Waals surface area contributed by atoms with Crippen LogP contribution in [0.4, 0.5) is 0 Å². The zero-order valence-corrected chi connectivity index (χ0v) is 9.12. The summed E-state index contributed by atoms with van der Waals surface area (Å²) in [5.74, 6) is 0.480. The molecular weight excluding hydrogens is 202 g/mol.